The number of hydrogen-bond acceptors (Lipinski definition) is 4. The van der Waals surface area contributed by atoms with Gasteiger partial charge in [0.1, 0.15) is 23.7 Å². The molecule has 0 fully saturated rings. The van der Waals surface area contributed by atoms with Gasteiger partial charge in [-0.25, -0.2) is 9.67 Å². The Bertz CT molecular complexity index is 583. The third kappa shape index (κ3) is 2.93. The topological polar surface area (TPSA) is 69.9 Å². The van der Waals surface area contributed by atoms with E-state index in [1.165, 1.54) is 0 Å². The van der Waals surface area contributed by atoms with E-state index in [0.29, 0.717) is 12.3 Å². The Morgan fingerprint density at radius 2 is 1.95 bits per heavy atom. The van der Waals surface area contributed by atoms with Crippen molar-refractivity contribution in [1.29, 1.82) is 0 Å². The predicted molar refractivity (Wildman–Crippen MR) is 78.4 cm³/mol. The Hall–Kier alpha value is -1.62. The number of rotatable bonds is 5. The average molecular weight is 276 g/mol. The van der Waals surface area contributed by atoms with Crippen molar-refractivity contribution in [3.8, 4) is 0 Å². The average Bonchev–Trinajstić information content (AvgIpc) is 2.85. The van der Waals surface area contributed by atoms with Crippen LogP contribution in [0.3, 0.4) is 0 Å². The van der Waals surface area contributed by atoms with E-state index in [1.54, 1.807) is 6.33 Å². The van der Waals surface area contributed by atoms with Crippen LogP contribution in [-0.4, -0.2) is 14.8 Å². The molecule has 0 bridgehead atoms. The van der Waals surface area contributed by atoms with Gasteiger partial charge in [-0.3, -0.25) is 0 Å². The van der Waals surface area contributed by atoms with Crippen LogP contribution >= 0.6 is 0 Å². The van der Waals surface area contributed by atoms with Crippen molar-refractivity contribution in [2.75, 3.05) is 0 Å². The van der Waals surface area contributed by atoms with E-state index >= 15 is 0 Å². The molecule has 2 aromatic heterocycles. The minimum atomic E-state index is -0.109. The predicted octanol–water partition coefficient (Wildman–Crippen LogP) is 2.69. The Labute approximate surface area is 120 Å². The summed E-state index contributed by atoms with van der Waals surface area (Å²) in [4.78, 5) is 4.34. The summed E-state index contributed by atoms with van der Waals surface area (Å²) in [7, 11) is 0. The summed E-state index contributed by atoms with van der Waals surface area (Å²) in [6.45, 7) is 11.2. The zero-order valence-electron chi connectivity index (χ0n) is 13.0. The molecule has 0 saturated carbocycles. The molecule has 1 unspecified atom stereocenters. The van der Waals surface area contributed by atoms with Crippen LogP contribution in [0.4, 0.5) is 0 Å². The summed E-state index contributed by atoms with van der Waals surface area (Å²) in [6.07, 6.45) is 2.28. The molecule has 0 radical (unpaired) electrons. The maximum atomic E-state index is 6.36. The highest BCUT2D eigenvalue weighted by Gasteiger charge is 2.20. The molecule has 0 saturated heterocycles. The highest BCUT2D eigenvalue weighted by atomic mass is 16.3. The van der Waals surface area contributed by atoms with E-state index in [2.05, 4.69) is 30.9 Å². The molecule has 110 valence electrons. The third-order valence-electron chi connectivity index (χ3n) is 3.62. The molecule has 2 N–H and O–H groups in total. The van der Waals surface area contributed by atoms with E-state index in [-0.39, 0.29) is 6.04 Å². The van der Waals surface area contributed by atoms with Crippen LogP contribution in [-0.2, 0) is 13.0 Å². The Morgan fingerprint density at radius 1 is 1.25 bits per heavy atom. The van der Waals surface area contributed by atoms with E-state index in [0.717, 1.165) is 35.0 Å². The van der Waals surface area contributed by atoms with E-state index in [1.807, 2.05) is 18.5 Å². The first-order valence-corrected chi connectivity index (χ1v) is 7.08. The maximum Gasteiger partial charge on any atom is 0.138 e. The van der Waals surface area contributed by atoms with Gasteiger partial charge in [-0.1, -0.05) is 13.8 Å². The molecule has 5 nitrogen and oxygen atoms in total. The lowest BCUT2D eigenvalue weighted by Crippen LogP contribution is -2.19. The van der Waals surface area contributed by atoms with Gasteiger partial charge < -0.3 is 10.2 Å². The molecule has 0 aromatic carbocycles. The standard InChI is InChI=1S/C15H24N4O/c1-9(2)7-19-14(17-8-18-19)6-13(16)15-10(3)11(4)20-12(15)5/h8-9,13H,6-7,16H2,1-5H3. The Balaban J connectivity index is 2.19. The normalized spacial score (nSPS) is 13.2. The zero-order valence-corrected chi connectivity index (χ0v) is 13.0. The summed E-state index contributed by atoms with van der Waals surface area (Å²) in [5, 5.41) is 4.28. The van der Waals surface area contributed by atoms with E-state index < -0.39 is 0 Å². The molecular formula is C15H24N4O. The second-order valence-electron chi connectivity index (χ2n) is 5.82. The van der Waals surface area contributed by atoms with Crippen LogP contribution in [0.1, 0.15) is 48.4 Å². The fourth-order valence-corrected chi connectivity index (χ4v) is 2.60. The molecule has 0 aliphatic carbocycles. The minimum Gasteiger partial charge on any atom is -0.466 e. The lowest BCUT2D eigenvalue weighted by molar-refractivity contribution is 0.457. The quantitative estimate of drug-likeness (QED) is 0.911. The fraction of sp³-hybridized carbons (Fsp3) is 0.600. The first kappa shape index (κ1) is 14.8. The molecule has 5 heteroatoms. The Kier molecular flexibility index (Phi) is 4.28. The van der Waals surface area contributed by atoms with Crippen LogP contribution in [0.2, 0.25) is 0 Å². The van der Waals surface area contributed by atoms with Gasteiger partial charge >= 0.3 is 0 Å². The maximum absolute atomic E-state index is 6.36. The zero-order chi connectivity index (χ0) is 14.9. The SMILES string of the molecule is Cc1oc(C)c(C(N)Cc2ncnn2CC(C)C)c1C. The monoisotopic (exact) mass is 276 g/mol. The van der Waals surface area contributed by atoms with Crippen molar-refractivity contribution in [3.63, 3.8) is 0 Å². The smallest absolute Gasteiger partial charge is 0.138 e. The Morgan fingerprint density at radius 3 is 2.50 bits per heavy atom. The summed E-state index contributed by atoms with van der Waals surface area (Å²) in [5.74, 6) is 3.31. The highest BCUT2D eigenvalue weighted by Crippen LogP contribution is 2.27. The number of aromatic nitrogens is 3. The van der Waals surface area contributed by atoms with Gasteiger partial charge in [0.25, 0.3) is 0 Å². The number of furan rings is 1. The van der Waals surface area contributed by atoms with Gasteiger partial charge in [0.2, 0.25) is 0 Å². The number of nitrogens with zero attached hydrogens (tertiary/aromatic N) is 3. The van der Waals surface area contributed by atoms with Gasteiger partial charge in [-0.2, -0.15) is 5.10 Å². The van der Waals surface area contributed by atoms with Crippen molar-refractivity contribution in [3.05, 3.63) is 34.8 Å². The first-order chi connectivity index (χ1) is 9.40. The van der Waals surface area contributed by atoms with E-state index in [9.17, 15) is 0 Å². The van der Waals surface area contributed by atoms with Gasteiger partial charge in [0.15, 0.2) is 0 Å². The molecular weight excluding hydrogens is 252 g/mol. The van der Waals surface area contributed by atoms with Crippen molar-refractivity contribution < 1.29 is 4.42 Å². The molecule has 0 aliphatic heterocycles. The summed E-state index contributed by atoms with van der Waals surface area (Å²) in [5.41, 5.74) is 8.60. The lowest BCUT2D eigenvalue weighted by Gasteiger charge is -2.14. The van der Waals surface area contributed by atoms with Gasteiger partial charge in [0, 0.05) is 24.6 Å². The van der Waals surface area contributed by atoms with Crippen molar-refractivity contribution in [2.24, 2.45) is 11.7 Å². The first-order valence-electron chi connectivity index (χ1n) is 7.08. The minimum absolute atomic E-state index is 0.109. The molecule has 0 spiro atoms. The molecule has 2 rings (SSSR count). The second-order valence-corrected chi connectivity index (χ2v) is 5.82. The van der Waals surface area contributed by atoms with Crippen molar-refractivity contribution in [1.82, 2.24) is 14.8 Å². The van der Waals surface area contributed by atoms with Gasteiger partial charge in [-0.15, -0.1) is 0 Å². The molecule has 2 heterocycles. The third-order valence-corrected chi connectivity index (χ3v) is 3.62. The molecule has 0 aliphatic rings. The summed E-state index contributed by atoms with van der Waals surface area (Å²) < 4.78 is 7.60. The molecule has 1 atom stereocenters. The van der Waals surface area contributed by atoms with Crippen LogP contribution < -0.4 is 5.73 Å². The molecule has 0 amide bonds. The van der Waals surface area contributed by atoms with Crippen LogP contribution in [0, 0.1) is 26.7 Å². The second kappa shape index (κ2) is 5.79. The van der Waals surface area contributed by atoms with Crippen LogP contribution in [0.5, 0.6) is 0 Å². The van der Waals surface area contributed by atoms with Crippen molar-refractivity contribution in [2.45, 2.75) is 53.6 Å². The highest BCUT2D eigenvalue weighted by molar-refractivity contribution is 5.34. The number of nitrogens with two attached hydrogens (primary N) is 1. The van der Waals surface area contributed by atoms with Crippen molar-refractivity contribution >= 4 is 0 Å². The van der Waals surface area contributed by atoms with E-state index in [4.69, 9.17) is 10.2 Å². The summed E-state index contributed by atoms with van der Waals surface area (Å²) >= 11 is 0. The fourth-order valence-electron chi connectivity index (χ4n) is 2.60. The lowest BCUT2D eigenvalue weighted by atomic mass is 10.00. The van der Waals surface area contributed by atoms with Crippen LogP contribution in [0.15, 0.2) is 10.7 Å². The van der Waals surface area contributed by atoms with Gasteiger partial charge in [-0.05, 0) is 32.3 Å². The molecule has 20 heavy (non-hydrogen) atoms. The number of aryl methyl sites for hydroxylation is 2. The summed E-state index contributed by atoms with van der Waals surface area (Å²) in [6, 6.07) is -0.109. The van der Waals surface area contributed by atoms with Gasteiger partial charge in [0.05, 0.1) is 0 Å². The largest absolute Gasteiger partial charge is 0.466 e. The molecule has 2 aromatic rings. The van der Waals surface area contributed by atoms with Crippen LogP contribution in [0.25, 0.3) is 0 Å². The number of hydrogen-bond donors (Lipinski definition) is 1.